The van der Waals surface area contributed by atoms with Crippen molar-refractivity contribution in [3.05, 3.63) is 4.80 Å². The summed E-state index contributed by atoms with van der Waals surface area (Å²) in [6.45, 7) is 10.7. The number of anilines is 1. The van der Waals surface area contributed by atoms with Crippen LogP contribution >= 0.6 is 20.7 Å². The fourth-order valence-corrected chi connectivity index (χ4v) is 3.47. The molecule has 0 radical (unpaired) electrons. The lowest BCUT2D eigenvalue weighted by molar-refractivity contribution is 0.146. The highest BCUT2D eigenvalue weighted by Crippen LogP contribution is 2.17. The second-order valence-electron chi connectivity index (χ2n) is 3.45. The van der Waals surface area contributed by atoms with Gasteiger partial charge in [0.1, 0.15) is 0 Å². The second-order valence-corrected chi connectivity index (χ2v) is 5.51. The Labute approximate surface area is 110 Å². The Hall–Kier alpha value is -0.460. The maximum atomic E-state index is 5.27. The molecule has 0 bridgehead atoms. The summed E-state index contributed by atoms with van der Waals surface area (Å²) in [5.74, 6) is 0. The Morgan fingerprint density at radius 1 is 1.24 bits per heavy atom. The van der Waals surface area contributed by atoms with E-state index in [1.165, 1.54) is 0 Å². The maximum Gasteiger partial charge on any atom is 0.217 e. The van der Waals surface area contributed by atoms with Crippen LogP contribution in [0.4, 0.5) is 5.13 Å². The van der Waals surface area contributed by atoms with Gasteiger partial charge in [-0.2, -0.15) is 4.98 Å². The number of aromatic nitrogens is 1. The standard InChI is InChI=1S/C11H21N3OS2/c1-4-14(5-2)11-13-10(16-17-11)12-8-7-9-15-6-3/h4-9H2,1-3H3. The van der Waals surface area contributed by atoms with Gasteiger partial charge in [0.05, 0.1) is 0 Å². The van der Waals surface area contributed by atoms with Crippen molar-refractivity contribution in [1.29, 1.82) is 0 Å². The molecule has 0 aliphatic heterocycles. The molecule has 98 valence electrons. The average molecular weight is 275 g/mol. The van der Waals surface area contributed by atoms with Gasteiger partial charge in [-0.3, -0.25) is 4.99 Å². The summed E-state index contributed by atoms with van der Waals surface area (Å²) in [6.07, 6.45) is 0.971. The molecule has 0 saturated heterocycles. The van der Waals surface area contributed by atoms with E-state index in [0.717, 1.165) is 49.2 Å². The van der Waals surface area contributed by atoms with Crippen LogP contribution in [-0.4, -0.2) is 37.8 Å². The zero-order chi connectivity index (χ0) is 12.5. The van der Waals surface area contributed by atoms with Crippen LogP contribution in [-0.2, 0) is 4.74 Å². The third kappa shape index (κ3) is 5.14. The summed E-state index contributed by atoms with van der Waals surface area (Å²) in [5.41, 5.74) is 0. The molecule has 0 aliphatic carbocycles. The molecule has 0 unspecified atom stereocenters. The molecule has 1 aromatic heterocycles. The monoisotopic (exact) mass is 275 g/mol. The van der Waals surface area contributed by atoms with E-state index >= 15 is 0 Å². The summed E-state index contributed by atoms with van der Waals surface area (Å²) in [4.78, 5) is 12.1. The van der Waals surface area contributed by atoms with E-state index in [2.05, 4.69) is 28.7 Å². The highest BCUT2D eigenvalue weighted by molar-refractivity contribution is 7.69. The van der Waals surface area contributed by atoms with Crippen LogP contribution in [0, 0.1) is 0 Å². The topological polar surface area (TPSA) is 37.7 Å². The fraction of sp³-hybridized carbons (Fsp3) is 0.818. The number of hydrogen-bond donors (Lipinski definition) is 0. The van der Waals surface area contributed by atoms with Gasteiger partial charge in [0.2, 0.25) is 4.80 Å². The molecule has 6 heteroatoms. The van der Waals surface area contributed by atoms with E-state index in [9.17, 15) is 0 Å². The van der Waals surface area contributed by atoms with Crippen LogP contribution in [0.1, 0.15) is 27.2 Å². The number of nitrogens with zero attached hydrogens (tertiary/aromatic N) is 3. The smallest absolute Gasteiger partial charge is 0.217 e. The SMILES string of the molecule is CCOCCCN=c1nc(N(CC)CC)ss1. The molecule has 17 heavy (non-hydrogen) atoms. The van der Waals surface area contributed by atoms with Crippen molar-refractivity contribution in [2.45, 2.75) is 27.2 Å². The molecule has 0 amide bonds. The molecule has 1 rings (SSSR count). The minimum atomic E-state index is 0.783. The maximum absolute atomic E-state index is 5.27. The molecule has 0 aliphatic rings. The van der Waals surface area contributed by atoms with E-state index < -0.39 is 0 Å². The quantitative estimate of drug-likeness (QED) is 0.540. The molecule has 1 heterocycles. The highest BCUT2D eigenvalue weighted by atomic mass is 32.9. The fourth-order valence-electron chi connectivity index (χ4n) is 1.36. The van der Waals surface area contributed by atoms with Crippen LogP contribution in [0.3, 0.4) is 0 Å². The van der Waals surface area contributed by atoms with Crippen LogP contribution in [0.2, 0.25) is 0 Å². The van der Waals surface area contributed by atoms with Crippen LogP contribution in [0.15, 0.2) is 4.99 Å². The predicted molar refractivity (Wildman–Crippen MR) is 75.1 cm³/mol. The summed E-state index contributed by atoms with van der Waals surface area (Å²) >= 11 is 0. The lowest BCUT2D eigenvalue weighted by Gasteiger charge is -2.15. The normalized spacial score (nSPS) is 12.1. The first-order chi connectivity index (χ1) is 8.31. The van der Waals surface area contributed by atoms with Gasteiger partial charge in [0.15, 0.2) is 5.13 Å². The summed E-state index contributed by atoms with van der Waals surface area (Å²) < 4.78 is 5.27. The second kappa shape index (κ2) is 8.60. The first-order valence-electron chi connectivity index (χ1n) is 6.12. The van der Waals surface area contributed by atoms with Crippen LogP contribution in [0.5, 0.6) is 0 Å². The predicted octanol–water partition coefficient (Wildman–Crippen LogP) is 2.38. The van der Waals surface area contributed by atoms with Gasteiger partial charge in [-0.25, -0.2) is 0 Å². The van der Waals surface area contributed by atoms with Gasteiger partial charge >= 0.3 is 0 Å². The van der Waals surface area contributed by atoms with E-state index in [-0.39, 0.29) is 0 Å². The Kier molecular flexibility index (Phi) is 7.39. The van der Waals surface area contributed by atoms with Gasteiger partial charge in [-0.15, -0.1) is 0 Å². The third-order valence-electron chi connectivity index (χ3n) is 2.31. The summed E-state index contributed by atoms with van der Waals surface area (Å²) in [5, 5.41) is 1.09. The van der Waals surface area contributed by atoms with Gasteiger partial charge in [-0.1, -0.05) is 0 Å². The van der Waals surface area contributed by atoms with Gasteiger partial charge in [0.25, 0.3) is 0 Å². The van der Waals surface area contributed by atoms with Crippen LogP contribution in [0.25, 0.3) is 0 Å². The summed E-state index contributed by atoms with van der Waals surface area (Å²) in [7, 11) is 3.36. The number of hydrogen-bond acceptors (Lipinski definition) is 6. The van der Waals surface area contributed by atoms with E-state index in [1.807, 2.05) is 6.92 Å². The first kappa shape index (κ1) is 14.6. The molecule has 0 saturated carbocycles. The highest BCUT2D eigenvalue weighted by Gasteiger charge is 2.05. The number of ether oxygens (including phenoxy) is 1. The molecule has 0 N–H and O–H groups in total. The molecule has 0 aromatic carbocycles. The summed E-state index contributed by atoms with van der Waals surface area (Å²) in [6, 6.07) is 0. The molecule has 0 spiro atoms. The van der Waals surface area contributed by atoms with Crippen molar-refractivity contribution in [3.8, 4) is 0 Å². The molecular weight excluding hydrogens is 254 g/mol. The van der Waals surface area contributed by atoms with Crippen molar-refractivity contribution in [2.75, 3.05) is 37.7 Å². The minimum Gasteiger partial charge on any atom is -0.382 e. The minimum absolute atomic E-state index is 0.783. The average Bonchev–Trinajstić information content (AvgIpc) is 2.79. The molecule has 0 atom stereocenters. The van der Waals surface area contributed by atoms with Crippen molar-refractivity contribution >= 4 is 25.8 Å². The Morgan fingerprint density at radius 3 is 2.65 bits per heavy atom. The number of rotatable bonds is 8. The molecular formula is C11H21N3OS2. The van der Waals surface area contributed by atoms with Gasteiger partial charge < -0.3 is 9.64 Å². The molecule has 0 fully saturated rings. The van der Waals surface area contributed by atoms with E-state index in [4.69, 9.17) is 4.74 Å². The van der Waals surface area contributed by atoms with Crippen molar-refractivity contribution < 1.29 is 4.74 Å². The zero-order valence-electron chi connectivity index (χ0n) is 10.8. The van der Waals surface area contributed by atoms with E-state index in [1.54, 1.807) is 20.7 Å². The van der Waals surface area contributed by atoms with Crippen molar-refractivity contribution in [2.24, 2.45) is 4.99 Å². The lowest BCUT2D eigenvalue weighted by Crippen LogP contribution is -2.22. The Balaban J connectivity index is 2.46. The van der Waals surface area contributed by atoms with E-state index in [0.29, 0.717) is 0 Å². The Morgan fingerprint density at radius 2 is 2.00 bits per heavy atom. The Bertz CT molecular complexity index is 358. The zero-order valence-corrected chi connectivity index (χ0v) is 12.4. The third-order valence-corrected chi connectivity index (χ3v) is 4.41. The van der Waals surface area contributed by atoms with Gasteiger partial charge in [0, 0.05) is 32.8 Å². The molecule has 1 aromatic rings. The van der Waals surface area contributed by atoms with Crippen molar-refractivity contribution in [3.63, 3.8) is 0 Å². The first-order valence-corrected chi connectivity index (χ1v) is 8.27. The van der Waals surface area contributed by atoms with Gasteiger partial charge in [-0.05, 0) is 47.9 Å². The largest absolute Gasteiger partial charge is 0.382 e. The lowest BCUT2D eigenvalue weighted by atomic mass is 10.5. The van der Waals surface area contributed by atoms with Crippen molar-refractivity contribution in [1.82, 2.24) is 4.98 Å². The molecule has 4 nitrogen and oxygen atoms in total. The van der Waals surface area contributed by atoms with Crippen LogP contribution < -0.4 is 9.70 Å².